The van der Waals surface area contributed by atoms with Crippen molar-refractivity contribution < 1.29 is 28.1 Å². The van der Waals surface area contributed by atoms with Crippen LogP contribution in [0.2, 0.25) is 0 Å². The lowest BCUT2D eigenvalue weighted by Crippen LogP contribution is -2.16. The third-order valence-electron chi connectivity index (χ3n) is 3.66. The molecule has 136 valence electrons. The lowest BCUT2D eigenvalue weighted by atomic mass is 10.1. The third kappa shape index (κ3) is 6.65. The fourth-order valence-corrected chi connectivity index (χ4v) is 4.72. The molecular formula is C13H18N3O6P2S+. The molecule has 0 radical (unpaired) electrons. The predicted octanol–water partition coefficient (Wildman–Crippen LogP) is 1.90. The minimum atomic E-state index is -3.47. The minimum Gasteiger partial charge on any atom is -0.474 e. The SMILES string of the molecule is N#CCCOP(O)(=S)OC[C@H]1C[C@@H](Oc2ccncn2)C[C@@H]1[P+](=O)O. The third-order valence-corrected chi connectivity index (χ3v) is 6.48. The van der Waals surface area contributed by atoms with Crippen LogP contribution in [0.4, 0.5) is 0 Å². The molecule has 1 heterocycles. The van der Waals surface area contributed by atoms with Crippen LogP contribution in [0, 0.1) is 17.2 Å². The Labute approximate surface area is 151 Å². The first-order valence-electron chi connectivity index (χ1n) is 7.48. The molecule has 0 saturated heterocycles. The molecule has 0 spiro atoms. The van der Waals surface area contributed by atoms with Gasteiger partial charge in [0.05, 0.1) is 25.7 Å². The molecule has 0 bridgehead atoms. The van der Waals surface area contributed by atoms with Crippen LogP contribution >= 0.6 is 14.7 Å². The van der Waals surface area contributed by atoms with Gasteiger partial charge in [0.2, 0.25) is 5.88 Å². The Morgan fingerprint density at radius 3 is 2.92 bits per heavy atom. The van der Waals surface area contributed by atoms with Gasteiger partial charge in [-0.1, -0.05) is 0 Å². The zero-order valence-corrected chi connectivity index (χ0v) is 15.8. The molecule has 1 saturated carbocycles. The van der Waals surface area contributed by atoms with Gasteiger partial charge in [-0.15, -0.1) is 0 Å². The van der Waals surface area contributed by atoms with E-state index in [-0.39, 0.29) is 31.7 Å². The molecule has 1 aromatic heterocycles. The van der Waals surface area contributed by atoms with Crippen LogP contribution in [-0.2, 0) is 25.4 Å². The normalized spacial score (nSPS) is 25.8. The summed E-state index contributed by atoms with van der Waals surface area (Å²) in [7, 11) is -2.43. The van der Waals surface area contributed by atoms with Crippen molar-refractivity contribution in [3.05, 3.63) is 18.6 Å². The topological polar surface area (TPSA) is 135 Å². The van der Waals surface area contributed by atoms with Gasteiger partial charge in [-0.2, -0.15) is 10.2 Å². The molecule has 5 atom stereocenters. The van der Waals surface area contributed by atoms with Gasteiger partial charge in [0, 0.05) is 24.6 Å². The molecule has 25 heavy (non-hydrogen) atoms. The summed E-state index contributed by atoms with van der Waals surface area (Å²) in [5.74, 6) is 0.0788. The summed E-state index contributed by atoms with van der Waals surface area (Å²) in [6.07, 6.45) is 3.52. The van der Waals surface area contributed by atoms with E-state index in [0.717, 1.165) is 0 Å². The van der Waals surface area contributed by atoms with Gasteiger partial charge in [-0.25, -0.2) is 9.97 Å². The van der Waals surface area contributed by atoms with Gasteiger partial charge < -0.3 is 18.7 Å². The van der Waals surface area contributed by atoms with Crippen LogP contribution in [0.15, 0.2) is 18.6 Å². The molecular weight excluding hydrogens is 388 g/mol. The van der Waals surface area contributed by atoms with Crippen LogP contribution in [-0.4, -0.2) is 44.7 Å². The van der Waals surface area contributed by atoms with Crippen LogP contribution in [0.3, 0.4) is 0 Å². The summed E-state index contributed by atoms with van der Waals surface area (Å²) in [5.41, 5.74) is -0.532. The monoisotopic (exact) mass is 406 g/mol. The summed E-state index contributed by atoms with van der Waals surface area (Å²) in [6, 6.07) is 3.48. The van der Waals surface area contributed by atoms with Crippen molar-refractivity contribution in [1.82, 2.24) is 9.97 Å². The van der Waals surface area contributed by atoms with E-state index in [2.05, 4.69) is 9.97 Å². The average Bonchev–Trinajstić information content (AvgIpc) is 2.97. The number of aromatic nitrogens is 2. The summed E-state index contributed by atoms with van der Waals surface area (Å²) in [6.45, 7) is -3.51. The predicted molar refractivity (Wildman–Crippen MR) is 91.4 cm³/mol. The average molecular weight is 406 g/mol. The maximum absolute atomic E-state index is 11.6. The van der Waals surface area contributed by atoms with Gasteiger partial charge in [0.25, 0.3) is 0 Å². The fourth-order valence-electron chi connectivity index (χ4n) is 2.55. The van der Waals surface area contributed by atoms with E-state index in [4.69, 9.17) is 30.9 Å². The lowest BCUT2D eigenvalue weighted by molar-refractivity contribution is 0.160. The number of hydrogen-bond acceptors (Lipinski definition) is 8. The molecule has 2 N–H and O–H groups in total. The number of hydrogen-bond donors (Lipinski definition) is 2. The Balaban J connectivity index is 1.91. The van der Waals surface area contributed by atoms with E-state index in [1.807, 2.05) is 6.07 Å². The van der Waals surface area contributed by atoms with Crippen LogP contribution in [0.25, 0.3) is 0 Å². The highest BCUT2D eigenvalue weighted by Gasteiger charge is 2.47. The zero-order valence-electron chi connectivity index (χ0n) is 13.2. The number of nitrogens with zero attached hydrogens (tertiary/aromatic N) is 3. The summed E-state index contributed by atoms with van der Waals surface area (Å²) in [4.78, 5) is 27.2. The maximum Gasteiger partial charge on any atom is 0.509 e. The van der Waals surface area contributed by atoms with Gasteiger partial charge in [-0.05, 0) is 22.8 Å². The van der Waals surface area contributed by atoms with Gasteiger partial charge in [0.15, 0.2) is 5.66 Å². The van der Waals surface area contributed by atoms with Crippen molar-refractivity contribution in [3.8, 4) is 11.9 Å². The van der Waals surface area contributed by atoms with Crippen LogP contribution in [0.5, 0.6) is 5.88 Å². The molecule has 9 nitrogen and oxygen atoms in total. The van der Waals surface area contributed by atoms with Gasteiger partial charge in [0.1, 0.15) is 12.4 Å². The second-order valence-electron chi connectivity index (χ2n) is 5.39. The highest BCUT2D eigenvalue weighted by molar-refractivity contribution is 8.07. The zero-order chi connectivity index (χ0) is 18.3. The molecule has 2 rings (SSSR count). The molecule has 1 aliphatic rings. The Bertz CT molecular complexity index is 673. The van der Waals surface area contributed by atoms with Crippen molar-refractivity contribution in [2.24, 2.45) is 5.92 Å². The second-order valence-corrected chi connectivity index (χ2v) is 9.50. The molecule has 0 amide bonds. The Kier molecular flexibility index (Phi) is 7.79. The first-order chi connectivity index (χ1) is 11.9. The van der Waals surface area contributed by atoms with Crippen molar-refractivity contribution >= 4 is 26.6 Å². The number of ether oxygens (including phenoxy) is 1. The first-order valence-corrected chi connectivity index (χ1v) is 11.4. The summed E-state index contributed by atoms with van der Waals surface area (Å²) < 4.78 is 27.6. The minimum absolute atomic E-state index is 0.0176. The summed E-state index contributed by atoms with van der Waals surface area (Å²) in [5, 5.41) is 8.45. The van der Waals surface area contributed by atoms with Crippen LogP contribution in [0.1, 0.15) is 19.3 Å². The van der Waals surface area contributed by atoms with E-state index in [9.17, 15) is 14.4 Å². The lowest BCUT2D eigenvalue weighted by Gasteiger charge is -2.18. The molecule has 12 heteroatoms. The molecule has 1 aromatic rings. The molecule has 1 aliphatic carbocycles. The highest BCUT2D eigenvalue weighted by Crippen LogP contribution is 2.48. The number of rotatable bonds is 9. The molecule has 0 aromatic carbocycles. The first kappa shape index (κ1) is 20.3. The fraction of sp³-hybridized carbons (Fsp3) is 0.615. The van der Waals surface area contributed by atoms with Crippen molar-refractivity contribution in [1.29, 1.82) is 5.26 Å². The maximum atomic E-state index is 11.6. The van der Waals surface area contributed by atoms with Gasteiger partial charge >= 0.3 is 14.7 Å². The Hall–Kier alpha value is -1.04. The second kappa shape index (κ2) is 9.60. The molecule has 1 fully saturated rings. The molecule has 0 aliphatic heterocycles. The van der Waals surface area contributed by atoms with E-state index in [0.29, 0.717) is 18.7 Å². The Morgan fingerprint density at radius 1 is 1.48 bits per heavy atom. The van der Waals surface area contributed by atoms with Gasteiger partial charge in [-0.3, -0.25) is 0 Å². The largest absolute Gasteiger partial charge is 0.509 e. The number of nitriles is 1. The van der Waals surface area contributed by atoms with Crippen LogP contribution < -0.4 is 4.74 Å². The van der Waals surface area contributed by atoms with Crippen molar-refractivity contribution in [3.63, 3.8) is 0 Å². The van der Waals surface area contributed by atoms with E-state index >= 15 is 0 Å². The highest BCUT2D eigenvalue weighted by atomic mass is 32.5. The molecule has 2 unspecified atom stereocenters. The quantitative estimate of drug-likeness (QED) is 0.462. The van der Waals surface area contributed by atoms with Crippen molar-refractivity contribution in [2.75, 3.05) is 13.2 Å². The summed E-state index contributed by atoms with van der Waals surface area (Å²) >= 11 is 4.86. The Morgan fingerprint density at radius 2 is 2.28 bits per heavy atom. The van der Waals surface area contributed by atoms with E-state index < -0.39 is 20.4 Å². The van der Waals surface area contributed by atoms with Crippen molar-refractivity contribution in [2.45, 2.75) is 31.0 Å². The van der Waals surface area contributed by atoms with E-state index in [1.165, 1.54) is 6.33 Å². The smallest absolute Gasteiger partial charge is 0.474 e. The standard InChI is InChI=1S/C13H17N3O6P2S/c14-3-1-5-20-24(19,25)21-8-10-6-11(7-12(10)23(17)18)22-13-2-4-15-9-16-13/h2,4,9-12H,1,5-8H2,(H-,17,18,19,25)/p+1/t10-,11-,12+,24?/m1/s1. The van der Waals surface area contributed by atoms with E-state index in [1.54, 1.807) is 12.3 Å².